The smallest absolute Gasteiger partial charge is 0.141 e. The van der Waals surface area contributed by atoms with Crippen molar-refractivity contribution < 1.29 is 0 Å². The van der Waals surface area contributed by atoms with Crippen LogP contribution in [0.5, 0.6) is 0 Å². The lowest BCUT2D eigenvalue weighted by atomic mass is 10.1. The van der Waals surface area contributed by atoms with E-state index in [-0.39, 0.29) is 0 Å². The molecule has 0 aliphatic heterocycles. The van der Waals surface area contributed by atoms with Crippen molar-refractivity contribution in [3.8, 4) is 6.07 Å². The summed E-state index contributed by atoms with van der Waals surface area (Å²) in [6.07, 6.45) is 3.34. The molecular weight excluding hydrogens is 437 g/mol. The van der Waals surface area contributed by atoms with Crippen LogP contribution in [-0.2, 0) is 6.54 Å². The largest absolute Gasteiger partial charge is 0.258 e. The van der Waals surface area contributed by atoms with E-state index in [2.05, 4.69) is 49.8 Å². The second kappa shape index (κ2) is 6.00. The zero-order chi connectivity index (χ0) is 16.7. The van der Waals surface area contributed by atoms with E-state index in [1.165, 1.54) is 0 Å². The van der Waals surface area contributed by atoms with Gasteiger partial charge in [-0.2, -0.15) is 10.4 Å². The van der Waals surface area contributed by atoms with Crippen molar-refractivity contribution in [3.63, 3.8) is 0 Å². The number of nitrogens with zero attached hydrogens (tertiary/aromatic N) is 5. The average molecular weight is 446 g/mol. The number of hydrogen-bond donors (Lipinski definition) is 0. The number of nitriles is 1. The van der Waals surface area contributed by atoms with Crippen LogP contribution in [0, 0.1) is 15.0 Å². The van der Waals surface area contributed by atoms with Gasteiger partial charge in [-0.05, 0) is 52.4 Å². The molecule has 0 N–H and O–H groups in total. The molecule has 3 heterocycles. The summed E-state index contributed by atoms with van der Waals surface area (Å²) in [7, 11) is 0. The Morgan fingerprint density at radius 3 is 2.88 bits per heavy atom. The summed E-state index contributed by atoms with van der Waals surface area (Å²) in [6.45, 7) is 0.607. The summed E-state index contributed by atoms with van der Waals surface area (Å²) in [4.78, 5) is 8.46. The van der Waals surface area contributed by atoms with Crippen molar-refractivity contribution in [2.45, 2.75) is 6.54 Å². The van der Waals surface area contributed by atoms with E-state index in [0.29, 0.717) is 17.3 Å². The van der Waals surface area contributed by atoms with Crippen molar-refractivity contribution in [2.24, 2.45) is 0 Å². The lowest BCUT2D eigenvalue weighted by molar-refractivity contribution is 0.705. The van der Waals surface area contributed by atoms with Crippen molar-refractivity contribution in [1.29, 1.82) is 5.26 Å². The summed E-state index contributed by atoms with van der Waals surface area (Å²) in [5, 5.41) is 16.1. The molecule has 4 aromatic rings. The van der Waals surface area contributed by atoms with Gasteiger partial charge in [0.15, 0.2) is 0 Å². The van der Waals surface area contributed by atoms with Gasteiger partial charge in [0, 0.05) is 17.0 Å². The number of aromatic nitrogens is 4. The lowest BCUT2D eigenvalue weighted by Crippen LogP contribution is -2.02. The fourth-order valence-electron chi connectivity index (χ4n) is 2.64. The Balaban J connectivity index is 1.78. The average Bonchev–Trinajstić information content (AvgIpc) is 2.90. The Hall–Kier alpha value is -2.24. The third kappa shape index (κ3) is 2.70. The van der Waals surface area contributed by atoms with E-state index in [0.717, 1.165) is 31.1 Å². The third-order valence-electron chi connectivity index (χ3n) is 3.75. The number of hydrogen-bond acceptors (Lipinski definition) is 4. The minimum atomic E-state index is 0.395. The van der Waals surface area contributed by atoms with Gasteiger partial charge in [0.1, 0.15) is 15.5 Å². The van der Waals surface area contributed by atoms with Gasteiger partial charge in [-0.15, -0.1) is 0 Å². The summed E-state index contributed by atoms with van der Waals surface area (Å²) >= 11 is 8.20. The van der Waals surface area contributed by atoms with E-state index in [4.69, 9.17) is 16.9 Å². The van der Waals surface area contributed by atoms with Crippen molar-refractivity contribution in [1.82, 2.24) is 19.7 Å². The maximum Gasteiger partial charge on any atom is 0.141 e. The third-order valence-corrected chi connectivity index (χ3v) is 4.75. The van der Waals surface area contributed by atoms with E-state index in [1.807, 2.05) is 22.9 Å². The topological polar surface area (TPSA) is 67.4 Å². The van der Waals surface area contributed by atoms with Crippen LogP contribution in [0.1, 0.15) is 11.3 Å². The highest BCUT2D eigenvalue weighted by Gasteiger charge is 2.11. The zero-order valence-corrected chi connectivity index (χ0v) is 15.2. The monoisotopic (exact) mass is 445 g/mol. The predicted octanol–water partition coefficient (Wildman–Crippen LogP) is 4.16. The van der Waals surface area contributed by atoms with Gasteiger partial charge < -0.3 is 0 Å². The molecule has 0 aliphatic carbocycles. The molecule has 0 bridgehead atoms. The van der Waals surface area contributed by atoms with Crippen molar-refractivity contribution >= 4 is 56.0 Å². The predicted molar refractivity (Wildman–Crippen MR) is 101 cm³/mol. The molecule has 0 atom stereocenters. The van der Waals surface area contributed by atoms with Crippen LogP contribution in [0.4, 0.5) is 0 Å². The van der Waals surface area contributed by atoms with E-state index < -0.39 is 0 Å². The second-order valence-corrected chi connectivity index (χ2v) is 6.79. The first-order valence-corrected chi connectivity index (χ1v) is 8.56. The first kappa shape index (κ1) is 15.3. The Bertz CT molecular complexity index is 1130. The minimum absolute atomic E-state index is 0.395. The highest BCUT2D eigenvalue weighted by Crippen LogP contribution is 2.23. The van der Waals surface area contributed by atoms with E-state index >= 15 is 0 Å². The molecule has 0 saturated heterocycles. The number of fused-ring (bicyclic) bond motifs is 2. The molecule has 4 rings (SSSR count). The summed E-state index contributed by atoms with van der Waals surface area (Å²) < 4.78 is 2.75. The fourth-order valence-corrected chi connectivity index (χ4v) is 3.50. The molecule has 0 fully saturated rings. The molecule has 0 spiro atoms. The van der Waals surface area contributed by atoms with Gasteiger partial charge in [0.25, 0.3) is 0 Å². The van der Waals surface area contributed by atoms with Gasteiger partial charge in [-0.25, -0.2) is 4.98 Å². The maximum absolute atomic E-state index is 8.99. The Morgan fingerprint density at radius 1 is 1.17 bits per heavy atom. The standard InChI is InChI=1S/C17H9ClIN5/c18-12-4-11-3-10(1-2-15(11)22-7-12)9-24-16-8-21-13(6-20)5-14(16)17(19)23-24/h1-5,7-8H,9H2. The first-order chi connectivity index (χ1) is 11.6. The summed E-state index contributed by atoms with van der Waals surface area (Å²) in [5.74, 6) is 0. The molecule has 116 valence electrons. The van der Waals surface area contributed by atoms with Gasteiger partial charge >= 0.3 is 0 Å². The second-order valence-electron chi connectivity index (χ2n) is 5.33. The molecule has 24 heavy (non-hydrogen) atoms. The zero-order valence-electron chi connectivity index (χ0n) is 12.2. The maximum atomic E-state index is 8.99. The molecule has 0 radical (unpaired) electrons. The molecule has 0 amide bonds. The van der Waals surface area contributed by atoms with Gasteiger partial charge in [-0.1, -0.05) is 17.7 Å². The molecular formula is C17H9ClIN5. The van der Waals surface area contributed by atoms with Crippen molar-refractivity contribution in [2.75, 3.05) is 0 Å². The lowest BCUT2D eigenvalue weighted by Gasteiger charge is -2.05. The molecule has 3 aromatic heterocycles. The van der Waals surface area contributed by atoms with E-state index in [9.17, 15) is 0 Å². The molecule has 7 heteroatoms. The van der Waals surface area contributed by atoms with Gasteiger partial charge in [0.2, 0.25) is 0 Å². The van der Waals surface area contributed by atoms with Gasteiger partial charge in [-0.3, -0.25) is 9.67 Å². The summed E-state index contributed by atoms with van der Waals surface area (Å²) in [6, 6.07) is 11.8. The number of halogens is 2. The molecule has 1 aromatic carbocycles. The van der Waals surface area contributed by atoms with Crippen LogP contribution in [0.15, 0.2) is 42.7 Å². The van der Waals surface area contributed by atoms with E-state index in [1.54, 1.807) is 18.5 Å². The number of rotatable bonds is 2. The first-order valence-electron chi connectivity index (χ1n) is 7.10. The molecule has 0 unspecified atom stereocenters. The Labute approximate surface area is 156 Å². The highest BCUT2D eigenvalue weighted by molar-refractivity contribution is 14.1. The van der Waals surface area contributed by atoms with Crippen LogP contribution >= 0.6 is 34.2 Å². The fraction of sp³-hybridized carbons (Fsp3) is 0.0588. The van der Waals surface area contributed by atoms with Crippen LogP contribution in [0.3, 0.4) is 0 Å². The van der Waals surface area contributed by atoms with Crippen LogP contribution in [0.25, 0.3) is 21.8 Å². The van der Waals surface area contributed by atoms with Crippen LogP contribution in [0.2, 0.25) is 5.02 Å². The highest BCUT2D eigenvalue weighted by atomic mass is 127. The molecule has 0 aliphatic rings. The van der Waals surface area contributed by atoms with Crippen molar-refractivity contribution in [3.05, 3.63) is 62.7 Å². The Kier molecular flexibility index (Phi) is 3.82. The SMILES string of the molecule is N#Cc1cc2c(I)nn(Cc3ccc4ncc(Cl)cc4c3)c2cn1. The molecule has 0 saturated carbocycles. The van der Waals surface area contributed by atoms with Gasteiger partial charge in [0.05, 0.1) is 28.8 Å². The number of benzene rings is 1. The quantitative estimate of drug-likeness (QED) is 0.435. The minimum Gasteiger partial charge on any atom is -0.258 e. The normalized spacial score (nSPS) is 11.0. The van der Waals surface area contributed by atoms with Crippen LogP contribution in [-0.4, -0.2) is 19.7 Å². The molecule has 5 nitrogen and oxygen atoms in total. The Morgan fingerprint density at radius 2 is 2.04 bits per heavy atom. The van der Waals surface area contributed by atoms with Crippen LogP contribution < -0.4 is 0 Å². The summed E-state index contributed by atoms with van der Waals surface area (Å²) in [5.41, 5.74) is 3.30. The number of pyridine rings is 2.